The molecule has 0 saturated heterocycles. The average molecular weight is 236 g/mol. The lowest BCUT2D eigenvalue weighted by molar-refractivity contribution is 0.454. The molecule has 3 nitrogen and oxygen atoms in total. The van der Waals surface area contributed by atoms with Crippen molar-refractivity contribution in [2.45, 2.75) is 19.0 Å². The molecule has 4 heteroatoms. The first kappa shape index (κ1) is 11.2. The normalized spacial score (nSPS) is 14.7. The predicted octanol–water partition coefficient (Wildman–Crippen LogP) is 2.47. The highest BCUT2D eigenvalue weighted by Crippen LogP contribution is 2.27. The van der Waals surface area contributed by atoms with Crippen LogP contribution in [0, 0.1) is 0 Å². The zero-order chi connectivity index (χ0) is 11.5. The third-order valence-corrected chi connectivity index (χ3v) is 2.88. The highest BCUT2D eigenvalue weighted by molar-refractivity contribution is 6.31. The number of hydrogen-bond donors (Lipinski definition) is 1. The summed E-state index contributed by atoms with van der Waals surface area (Å²) in [7, 11) is 0. The number of nitrogens with zero attached hydrogens (tertiary/aromatic N) is 2. The molecule has 0 saturated carbocycles. The second-order valence-corrected chi connectivity index (χ2v) is 4.22. The molecule has 2 rings (SSSR count). The summed E-state index contributed by atoms with van der Waals surface area (Å²) in [6.45, 7) is 1.95. The SMILES string of the molecule is C[C@H](N)[C@@H](c1ccccc1Cl)n1cccn1. The number of aromatic nitrogens is 2. The minimum atomic E-state index is -0.0557. The summed E-state index contributed by atoms with van der Waals surface area (Å²) >= 11 is 6.18. The summed E-state index contributed by atoms with van der Waals surface area (Å²) < 4.78 is 1.84. The zero-order valence-corrected chi connectivity index (χ0v) is 9.80. The number of halogens is 1. The van der Waals surface area contributed by atoms with Gasteiger partial charge in [-0.1, -0.05) is 29.8 Å². The van der Waals surface area contributed by atoms with Crippen molar-refractivity contribution < 1.29 is 0 Å². The fourth-order valence-corrected chi connectivity index (χ4v) is 2.07. The van der Waals surface area contributed by atoms with Gasteiger partial charge in [-0.3, -0.25) is 4.68 Å². The van der Waals surface area contributed by atoms with E-state index in [1.54, 1.807) is 6.20 Å². The lowest BCUT2D eigenvalue weighted by atomic mass is 10.0. The Labute approximate surface area is 99.8 Å². The molecular weight excluding hydrogens is 222 g/mol. The van der Waals surface area contributed by atoms with Crippen molar-refractivity contribution in [3.05, 3.63) is 53.3 Å². The van der Waals surface area contributed by atoms with Gasteiger partial charge in [0.05, 0.1) is 6.04 Å². The molecule has 0 aliphatic rings. The minimum absolute atomic E-state index is 0.0244. The molecule has 1 aromatic heterocycles. The lowest BCUT2D eigenvalue weighted by Gasteiger charge is -2.22. The Morgan fingerprint density at radius 3 is 2.62 bits per heavy atom. The van der Waals surface area contributed by atoms with E-state index in [-0.39, 0.29) is 12.1 Å². The molecule has 0 fully saturated rings. The Bertz CT molecular complexity index is 451. The standard InChI is InChI=1S/C12H14ClN3/c1-9(14)12(16-8-4-7-15-16)10-5-2-3-6-11(10)13/h2-9,12H,14H2,1H3/t9-,12-/m0/s1. The van der Waals surface area contributed by atoms with Gasteiger partial charge in [-0.05, 0) is 24.6 Å². The molecule has 0 aliphatic carbocycles. The van der Waals surface area contributed by atoms with Crippen molar-refractivity contribution in [1.29, 1.82) is 0 Å². The van der Waals surface area contributed by atoms with E-state index in [4.69, 9.17) is 17.3 Å². The molecule has 0 radical (unpaired) electrons. The summed E-state index contributed by atoms with van der Waals surface area (Å²) in [5.41, 5.74) is 7.01. The van der Waals surface area contributed by atoms with Gasteiger partial charge in [-0.2, -0.15) is 5.10 Å². The Balaban J connectivity index is 2.45. The van der Waals surface area contributed by atoms with E-state index in [9.17, 15) is 0 Å². The van der Waals surface area contributed by atoms with Crippen molar-refractivity contribution in [3.8, 4) is 0 Å². The smallest absolute Gasteiger partial charge is 0.0930 e. The fourth-order valence-electron chi connectivity index (χ4n) is 1.83. The molecule has 0 aliphatic heterocycles. The van der Waals surface area contributed by atoms with Crippen molar-refractivity contribution in [2.24, 2.45) is 5.73 Å². The summed E-state index contributed by atoms with van der Waals surface area (Å²) in [5.74, 6) is 0. The summed E-state index contributed by atoms with van der Waals surface area (Å²) in [6, 6.07) is 9.52. The van der Waals surface area contributed by atoms with Crippen LogP contribution in [0.15, 0.2) is 42.7 Å². The Morgan fingerprint density at radius 1 is 1.31 bits per heavy atom. The molecular formula is C12H14ClN3. The molecule has 2 atom stereocenters. The van der Waals surface area contributed by atoms with E-state index in [0.717, 1.165) is 10.6 Å². The maximum Gasteiger partial charge on any atom is 0.0930 e. The second kappa shape index (κ2) is 4.68. The quantitative estimate of drug-likeness (QED) is 0.888. The number of benzene rings is 1. The largest absolute Gasteiger partial charge is 0.326 e. The second-order valence-electron chi connectivity index (χ2n) is 3.81. The molecule has 84 valence electrons. The first-order chi connectivity index (χ1) is 7.70. The van der Waals surface area contributed by atoms with Crippen LogP contribution >= 0.6 is 11.6 Å². The van der Waals surface area contributed by atoms with Gasteiger partial charge in [0.15, 0.2) is 0 Å². The van der Waals surface area contributed by atoms with Crippen LogP contribution in [0.4, 0.5) is 0 Å². The highest BCUT2D eigenvalue weighted by atomic mass is 35.5. The average Bonchev–Trinajstić information content (AvgIpc) is 2.74. The first-order valence-corrected chi connectivity index (χ1v) is 5.57. The van der Waals surface area contributed by atoms with Gasteiger partial charge >= 0.3 is 0 Å². The van der Waals surface area contributed by atoms with Crippen LogP contribution in [0.5, 0.6) is 0 Å². The van der Waals surface area contributed by atoms with Crippen LogP contribution in [0.25, 0.3) is 0 Å². The predicted molar refractivity (Wildman–Crippen MR) is 65.5 cm³/mol. The highest BCUT2D eigenvalue weighted by Gasteiger charge is 2.20. The van der Waals surface area contributed by atoms with Gasteiger partial charge < -0.3 is 5.73 Å². The molecule has 0 unspecified atom stereocenters. The van der Waals surface area contributed by atoms with Crippen LogP contribution in [-0.2, 0) is 0 Å². The number of hydrogen-bond acceptors (Lipinski definition) is 2. The van der Waals surface area contributed by atoms with Gasteiger partial charge in [0, 0.05) is 23.5 Å². The molecule has 1 aromatic carbocycles. The molecule has 2 aromatic rings. The molecule has 2 N–H and O–H groups in total. The van der Waals surface area contributed by atoms with Gasteiger partial charge in [0.1, 0.15) is 0 Å². The molecule has 16 heavy (non-hydrogen) atoms. The monoisotopic (exact) mass is 235 g/mol. The topological polar surface area (TPSA) is 43.8 Å². The van der Waals surface area contributed by atoms with Crippen molar-refractivity contribution in [3.63, 3.8) is 0 Å². The lowest BCUT2D eigenvalue weighted by Crippen LogP contribution is -2.30. The third-order valence-electron chi connectivity index (χ3n) is 2.53. The van der Waals surface area contributed by atoms with Crippen molar-refractivity contribution in [2.75, 3.05) is 0 Å². The van der Waals surface area contributed by atoms with E-state index in [2.05, 4.69) is 5.10 Å². The van der Waals surface area contributed by atoms with Crippen molar-refractivity contribution in [1.82, 2.24) is 9.78 Å². The fraction of sp³-hybridized carbons (Fsp3) is 0.250. The summed E-state index contributed by atoms with van der Waals surface area (Å²) in [5, 5.41) is 4.96. The van der Waals surface area contributed by atoms with Crippen molar-refractivity contribution >= 4 is 11.6 Å². The van der Waals surface area contributed by atoms with E-state index in [1.165, 1.54) is 0 Å². The van der Waals surface area contributed by atoms with Gasteiger partial charge in [-0.25, -0.2) is 0 Å². The molecule has 1 heterocycles. The number of nitrogens with two attached hydrogens (primary N) is 1. The Morgan fingerprint density at radius 2 is 2.06 bits per heavy atom. The number of rotatable bonds is 3. The molecule has 0 amide bonds. The molecule has 0 bridgehead atoms. The van der Waals surface area contributed by atoms with E-state index < -0.39 is 0 Å². The minimum Gasteiger partial charge on any atom is -0.326 e. The van der Waals surface area contributed by atoms with Gasteiger partial charge in [-0.15, -0.1) is 0 Å². The van der Waals surface area contributed by atoms with Crippen LogP contribution in [0.1, 0.15) is 18.5 Å². The molecule has 0 spiro atoms. The third kappa shape index (κ3) is 2.10. The first-order valence-electron chi connectivity index (χ1n) is 5.19. The van der Waals surface area contributed by atoms with Gasteiger partial charge in [0.2, 0.25) is 0 Å². The van der Waals surface area contributed by atoms with E-state index >= 15 is 0 Å². The Hall–Kier alpha value is -1.32. The summed E-state index contributed by atoms with van der Waals surface area (Å²) in [4.78, 5) is 0. The van der Waals surface area contributed by atoms with Crippen LogP contribution in [0.3, 0.4) is 0 Å². The zero-order valence-electron chi connectivity index (χ0n) is 9.05. The van der Waals surface area contributed by atoms with Gasteiger partial charge in [0.25, 0.3) is 0 Å². The summed E-state index contributed by atoms with van der Waals surface area (Å²) in [6.07, 6.45) is 3.64. The van der Waals surface area contributed by atoms with E-state index in [0.29, 0.717) is 0 Å². The van der Waals surface area contributed by atoms with E-state index in [1.807, 2.05) is 48.1 Å². The maximum atomic E-state index is 6.18. The van der Waals surface area contributed by atoms with Crippen LogP contribution in [0.2, 0.25) is 5.02 Å². The maximum absolute atomic E-state index is 6.18. The van der Waals surface area contributed by atoms with Crippen LogP contribution < -0.4 is 5.73 Å². The van der Waals surface area contributed by atoms with Crippen LogP contribution in [-0.4, -0.2) is 15.8 Å². The Kier molecular flexibility index (Phi) is 3.27.